The van der Waals surface area contributed by atoms with Gasteiger partial charge in [0, 0.05) is 28.5 Å². The highest BCUT2D eigenvalue weighted by atomic mass is 35.5. The van der Waals surface area contributed by atoms with Gasteiger partial charge in [0.2, 0.25) is 5.91 Å². The maximum atomic E-state index is 13.5. The standard InChI is InChI=1S/C27H33Cl2N3O3/c1-26(2,3)14-22-27(16-30,18-7-9-19(28)10-8-18)23(17-5-4-6-20(29)13-17)24(32-22)25(35)31-12-11-21(34)15-33/h4-10,13,21-24,32-34H,11-12,14-15H2,1-3H3,(H,31,35)/t21-,22-,23-,24+,27-/m0/s1. The fourth-order valence-corrected chi connectivity index (χ4v) is 5.35. The quantitative estimate of drug-likeness (QED) is 0.420. The first-order valence-electron chi connectivity index (χ1n) is 11.8. The van der Waals surface area contributed by atoms with E-state index in [0.29, 0.717) is 16.5 Å². The lowest BCUT2D eigenvalue weighted by Crippen LogP contribution is -2.46. The minimum Gasteiger partial charge on any atom is -0.394 e. The first-order valence-corrected chi connectivity index (χ1v) is 12.5. The molecule has 0 saturated carbocycles. The fourth-order valence-electron chi connectivity index (χ4n) is 5.02. The van der Waals surface area contributed by atoms with Gasteiger partial charge in [0.1, 0.15) is 5.41 Å². The Morgan fingerprint density at radius 3 is 2.46 bits per heavy atom. The molecule has 0 radical (unpaired) electrons. The van der Waals surface area contributed by atoms with Crippen LogP contribution < -0.4 is 10.6 Å². The van der Waals surface area contributed by atoms with Gasteiger partial charge < -0.3 is 20.8 Å². The van der Waals surface area contributed by atoms with E-state index in [0.717, 1.165) is 11.1 Å². The second kappa shape index (κ2) is 11.3. The molecule has 1 fully saturated rings. The van der Waals surface area contributed by atoms with E-state index in [4.69, 9.17) is 28.3 Å². The van der Waals surface area contributed by atoms with Crippen LogP contribution in [0.15, 0.2) is 48.5 Å². The monoisotopic (exact) mass is 517 g/mol. The number of halogens is 2. The number of nitriles is 1. The van der Waals surface area contributed by atoms with Crippen molar-refractivity contribution in [3.63, 3.8) is 0 Å². The summed E-state index contributed by atoms with van der Waals surface area (Å²) in [6, 6.07) is 16.1. The van der Waals surface area contributed by atoms with E-state index in [1.807, 2.05) is 30.3 Å². The predicted molar refractivity (Wildman–Crippen MR) is 138 cm³/mol. The molecule has 0 unspecified atom stereocenters. The molecule has 4 N–H and O–H groups in total. The molecule has 8 heteroatoms. The third kappa shape index (κ3) is 6.17. The molecule has 3 rings (SSSR count). The van der Waals surface area contributed by atoms with Crippen molar-refractivity contribution in [2.24, 2.45) is 5.41 Å². The SMILES string of the molecule is CC(C)(C)C[C@@H]1N[C@@H](C(=O)NCC[C@H](O)CO)[C@H](c2cccc(Cl)c2)[C@@]1(C#N)c1ccc(Cl)cc1. The summed E-state index contributed by atoms with van der Waals surface area (Å²) >= 11 is 12.5. The molecule has 1 heterocycles. The zero-order chi connectivity index (χ0) is 25.8. The van der Waals surface area contributed by atoms with E-state index < -0.39 is 23.5 Å². The van der Waals surface area contributed by atoms with Crippen LogP contribution in [0.5, 0.6) is 0 Å². The summed E-state index contributed by atoms with van der Waals surface area (Å²) in [5.41, 5.74) is 0.368. The van der Waals surface area contributed by atoms with Crippen molar-refractivity contribution in [3.8, 4) is 6.07 Å². The molecule has 2 aromatic carbocycles. The van der Waals surface area contributed by atoms with Crippen molar-refractivity contribution in [3.05, 3.63) is 69.7 Å². The van der Waals surface area contributed by atoms with Crippen molar-refractivity contribution in [2.75, 3.05) is 13.2 Å². The fraction of sp³-hybridized carbons (Fsp3) is 0.481. The van der Waals surface area contributed by atoms with Gasteiger partial charge in [-0.1, -0.05) is 68.2 Å². The molecule has 0 aromatic heterocycles. The van der Waals surface area contributed by atoms with Gasteiger partial charge >= 0.3 is 0 Å². The molecule has 1 aliphatic heterocycles. The number of hydrogen-bond acceptors (Lipinski definition) is 5. The molecule has 0 bridgehead atoms. The second-order valence-corrected chi connectivity index (χ2v) is 11.3. The average Bonchev–Trinajstić information content (AvgIpc) is 3.12. The highest BCUT2D eigenvalue weighted by Crippen LogP contribution is 2.51. The van der Waals surface area contributed by atoms with E-state index in [2.05, 4.69) is 37.5 Å². The summed E-state index contributed by atoms with van der Waals surface area (Å²) in [5.74, 6) is -0.812. The molecule has 6 nitrogen and oxygen atoms in total. The minimum atomic E-state index is -1.07. The van der Waals surface area contributed by atoms with Crippen LogP contribution in [0.3, 0.4) is 0 Å². The zero-order valence-electron chi connectivity index (χ0n) is 20.3. The maximum Gasteiger partial charge on any atom is 0.237 e. The van der Waals surface area contributed by atoms with Crippen molar-refractivity contribution in [1.82, 2.24) is 10.6 Å². The normalized spacial score (nSPS) is 25.1. The Kier molecular flexibility index (Phi) is 8.85. The number of carbonyl (C=O) groups is 1. The number of hydrogen-bond donors (Lipinski definition) is 4. The largest absolute Gasteiger partial charge is 0.394 e. The van der Waals surface area contributed by atoms with E-state index in [-0.39, 0.29) is 36.9 Å². The van der Waals surface area contributed by atoms with Gasteiger partial charge in [0.15, 0.2) is 0 Å². The third-order valence-electron chi connectivity index (χ3n) is 6.56. The van der Waals surface area contributed by atoms with Crippen molar-refractivity contribution < 1.29 is 15.0 Å². The third-order valence-corrected chi connectivity index (χ3v) is 7.04. The maximum absolute atomic E-state index is 13.5. The van der Waals surface area contributed by atoms with Gasteiger partial charge in [-0.25, -0.2) is 0 Å². The van der Waals surface area contributed by atoms with Crippen molar-refractivity contribution in [1.29, 1.82) is 5.26 Å². The van der Waals surface area contributed by atoms with Crippen LogP contribution in [0.1, 0.15) is 50.7 Å². The minimum absolute atomic E-state index is 0.123. The van der Waals surface area contributed by atoms with Crippen LogP contribution in [0.4, 0.5) is 0 Å². The lowest BCUT2D eigenvalue weighted by atomic mass is 9.63. The molecule has 2 aromatic rings. The highest BCUT2D eigenvalue weighted by molar-refractivity contribution is 6.30. The Morgan fingerprint density at radius 2 is 1.89 bits per heavy atom. The van der Waals surface area contributed by atoms with Crippen LogP contribution in [0, 0.1) is 16.7 Å². The second-order valence-electron chi connectivity index (χ2n) is 10.4. The molecular weight excluding hydrogens is 485 g/mol. The summed E-state index contributed by atoms with van der Waals surface area (Å²) in [6.45, 7) is 6.15. The summed E-state index contributed by atoms with van der Waals surface area (Å²) in [5, 5.41) is 37.1. The summed E-state index contributed by atoms with van der Waals surface area (Å²) in [7, 11) is 0. The molecule has 1 saturated heterocycles. The number of carbonyl (C=O) groups excluding carboxylic acids is 1. The lowest BCUT2D eigenvalue weighted by molar-refractivity contribution is -0.123. The number of rotatable bonds is 8. The van der Waals surface area contributed by atoms with E-state index in [9.17, 15) is 15.2 Å². The lowest BCUT2D eigenvalue weighted by Gasteiger charge is -2.37. The van der Waals surface area contributed by atoms with Gasteiger partial charge in [0.05, 0.1) is 24.8 Å². The number of amides is 1. The molecule has 0 spiro atoms. The van der Waals surface area contributed by atoms with Gasteiger partial charge in [-0.15, -0.1) is 0 Å². The van der Waals surface area contributed by atoms with Crippen LogP contribution in [0.2, 0.25) is 10.0 Å². The van der Waals surface area contributed by atoms with E-state index in [1.54, 1.807) is 18.2 Å². The smallest absolute Gasteiger partial charge is 0.237 e. The van der Waals surface area contributed by atoms with Crippen LogP contribution in [-0.4, -0.2) is 47.5 Å². The first kappa shape index (κ1) is 27.4. The van der Waals surface area contributed by atoms with Crippen LogP contribution >= 0.6 is 23.2 Å². The Labute approximate surface area is 217 Å². The molecule has 188 valence electrons. The Balaban J connectivity index is 2.14. The highest BCUT2D eigenvalue weighted by Gasteiger charge is 2.59. The Morgan fingerprint density at radius 1 is 1.20 bits per heavy atom. The number of aliphatic hydroxyl groups excluding tert-OH is 2. The summed E-state index contributed by atoms with van der Waals surface area (Å²) < 4.78 is 0. The number of nitrogens with one attached hydrogen (secondary N) is 2. The molecule has 1 amide bonds. The van der Waals surface area contributed by atoms with Crippen molar-refractivity contribution >= 4 is 29.1 Å². The Hall–Kier alpha value is -2.14. The van der Waals surface area contributed by atoms with E-state index in [1.165, 1.54) is 0 Å². The summed E-state index contributed by atoms with van der Waals surface area (Å²) in [4.78, 5) is 13.5. The topological polar surface area (TPSA) is 105 Å². The zero-order valence-corrected chi connectivity index (χ0v) is 21.8. The van der Waals surface area contributed by atoms with Crippen molar-refractivity contribution in [2.45, 2.75) is 63.1 Å². The van der Waals surface area contributed by atoms with E-state index >= 15 is 0 Å². The molecule has 35 heavy (non-hydrogen) atoms. The summed E-state index contributed by atoms with van der Waals surface area (Å²) in [6.07, 6.45) is -0.0350. The molecule has 5 atom stereocenters. The van der Waals surface area contributed by atoms with Crippen LogP contribution in [0.25, 0.3) is 0 Å². The number of nitrogens with zero attached hydrogens (tertiary/aromatic N) is 1. The van der Waals surface area contributed by atoms with Gasteiger partial charge in [0.25, 0.3) is 0 Å². The van der Waals surface area contributed by atoms with Gasteiger partial charge in [-0.05, 0) is 53.6 Å². The average molecular weight is 518 g/mol. The Bertz CT molecular complexity index is 1060. The molecule has 1 aliphatic rings. The van der Waals surface area contributed by atoms with Gasteiger partial charge in [-0.3, -0.25) is 4.79 Å². The number of aliphatic hydroxyl groups is 2. The molecular formula is C27H33Cl2N3O3. The molecule has 0 aliphatic carbocycles. The van der Waals surface area contributed by atoms with Gasteiger partial charge in [-0.2, -0.15) is 5.26 Å². The van der Waals surface area contributed by atoms with Crippen LogP contribution in [-0.2, 0) is 10.2 Å². The number of benzene rings is 2. The predicted octanol–water partition coefficient (Wildman–Crippen LogP) is 4.17. The first-order chi connectivity index (χ1) is 16.5.